The van der Waals surface area contributed by atoms with Crippen molar-refractivity contribution >= 4 is 30.7 Å². The molecule has 1 heterocycles. The van der Waals surface area contributed by atoms with Gasteiger partial charge in [-0.3, -0.25) is 9.13 Å². The van der Waals surface area contributed by atoms with Gasteiger partial charge in [-0.05, 0) is 25.8 Å². The van der Waals surface area contributed by atoms with Crippen LogP contribution in [-0.2, 0) is 11.5 Å². The molecule has 26 heavy (non-hydrogen) atoms. The van der Waals surface area contributed by atoms with Gasteiger partial charge in [-0.25, -0.2) is 4.79 Å². The second kappa shape index (κ2) is 6.71. The highest BCUT2D eigenvalue weighted by Gasteiger charge is 2.41. The Bertz CT molecular complexity index is 874. The summed E-state index contributed by atoms with van der Waals surface area (Å²) in [5.74, 6) is 0.0103. The lowest BCUT2D eigenvalue weighted by Gasteiger charge is -2.41. The highest BCUT2D eigenvalue weighted by atomic mass is 35.5. The van der Waals surface area contributed by atoms with Crippen LogP contribution in [0, 0.1) is 0 Å². The van der Waals surface area contributed by atoms with Crippen LogP contribution in [0.2, 0.25) is 30.7 Å². The van der Waals surface area contributed by atoms with E-state index >= 15 is 0 Å². The smallest absolute Gasteiger partial charge is 0.331 e. The van der Waals surface area contributed by atoms with Gasteiger partial charge < -0.3 is 14.9 Å². The molecule has 0 aliphatic heterocycles. The first kappa shape index (κ1) is 19.5. The molecule has 0 atom stereocenters. The number of nitrogens with zero attached hydrogens (tertiary/aromatic N) is 2. The second-order valence-corrected chi connectivity index (χ2v) is 14.8. The van der Waals surface area contributed by atoms with E-state index in [-0.39, 0.29) is 24.2 Å². The summed E-state index contributed by atoms with van der Waals surface area (Å²) in [5, 5.41) is 20.3. The molecule has 0 bridgehead atoms. The Labute approximate surface area is 159 Å². The number of halogens is 1. The number of rotatable bonds is 6. The van der Waals surface area contributed by atoms with Gasteiger partial charge in [0.15, 0.2) is 0 Å². The van der Waals surface area contributed by atoms with Gasteiger partial charge in [-0.2, -0.15) is 0 Å². The van der Waals surface area contributed by atoms with Gasteiger partial charge in [0.05, 0.1) is 21.7 Å². The number of aliphatic hydroxyl groups is 1. The summed E-state index contributed by atoms with van der Waals surface area (Å²) in [6.07, 6.45) is 0.999. The monoisotopic (exact) mass is 398 g/mol. The molecule has 1 aliphatic rings. The molecule has 0 unspecified atom stereocenters. The molecule has 1 saturated carbocycles. The number of phenolic OH excluding ortho intramolecular Hbond substituents is 1. The molecule has 0 spiro atoms. The van der Waals surface area contributed by atoms with Crippen LogP contribution < -0.4 is 5.69 Å². The van der Waals surface area contributed by atoms with Crippen LogP contribution in [0.3, 0.4) is 0 Å². The maximum Gasteiger partial charge on any atom is 0.331 e. The molecular weight excluding hydrogens is 372 g/mol. The van der Waals surface area contributed by atoms with Crippen molar-refractivity contribution in [3.63, 3.8) is 0 Å². The fourth-order valence-corrected chi connectivity index (χ4v) is 4.54. The minimum atomic E-state index is -1.21. The average Bonchev–Trinajstić information content (AvgIpc) is 2.72. The lowest BCUT2D eigenvalue weighted by Crippen LogP contribution is -2.45. The molecule has 1 aliphatic carbocycles. The SMILES string of the molecule is CC1(O)CC(n2c(=O)n(COCC[Si](C)(C)C)c3cc(O)cc(Cl)c32)C1. The minimum absolute atomic E-state index is 0.0103. The largest absolute Gasteiger partial charge is 0.508 e. The Morgan fingerprint density at radius 3 is 2.58 bits per heavy atom. The van der Waals surface area contributed by atoms with E-state index in [1.165, 1.54) is 16.7 Å². The molecule has 0 radical (unpaired) electrons. The second-order valence-electron chi connectivity index (χ2n) is 8.78. The maximum atomic E-state index is 13.0. The Hall–Kier alpha value is -1.28. The lowest BCUT2D eigenvalue weighted by atomic mass is 9.77. The molecule has 2 N–H and O–H groups in total. The summed E-state index contributed by atoms with van der Waals surface area (Å²) >= 11 is 6.34. The Morgan fingerprint density at radius 1 is 1.35 bits per heavy atom. The molecule has 0 saturated heterocycles. The highest BCUT2D eigenvalue weighted by molar-refractivity contribution is 6.76. The standard InChI is InChI=1S/C18H27ClN2O4Si/c1-18(24)9-12(10-18)21-16-14(19)7-13(22)8-15(16)20(17(21)23)11-25-5-6-26(2,3)4/h7-8,12,22,24H,5-6,9-11H2,1-4H3. The van der Waals surface area contributed by atoms with Crippen LogP contribution >= 0.6 is 11.6 Å². The zero-order valence-corrected chi connectivity index (χ0v) is 17.5. The zero-order chi connectivity index (χ0) is 19.3. The number of aromatic nitrogens is 2. The van der Waals surface area contributed by atoms with Crippen LogP contribution in [-0.4, -0.2) is 39.6 Å². The Morgan fingerprint density at radius 2 is 2.00 bits per heavy atom. The van der Waals surface area contributed by atoms with E-state index in [4.69, 9.17) is 16.3 Å². The van der Waals surface area contributed by atoms with Crippen molar-refractivity contribution < 1.29 is 14.9 Å². The molecule has 1 fully saturated rings. The van der Waals surface area contributed by atoms with Gasteiger partial charge in [-0.1, -0.05) is 31.2 Å². The number of imidazole rings is 1. The predicted molar refractivity (Wildman–Crippen MR) is 106 cm³/mol. The summed E-state index contributed by atoms with van der Waals surface area (Å²) in [5.41, 5.74) is 0.166. The molecule has 1 aromatic heterocycles. The average molecular weight is 399 g/mol. The van der Waals surface area contributed by atoms with Crippen LogP contribution in [0.15, 0.2) is 16.9 Å². The Balaban J connectivity index is 1.95. The van der Waals surface area contributed by atoms with Crippen molar-refractivity contribution in [3.8, 4) is 5.75 Å². The van der Waals surface area contributed by atoms with E-state index in [2.05, 4.69) is 19.6 Å². The molecule has 6 nitrogen and oxygen atoms in total. The van der Waals surface area contributed by atoms with E-state index in [0.29, 0.717) is 35.5 Å². The third-order valence-corrected chi connectivity index (χ3v) is 6.92. The van der Waals surface area contributed by atoms with Crippen LogP contribution in [0.4, 0.5) is 0 Å². The van der Waals surface area contributed by atoms with Gasteiger partial charge >= 0.3 is 5.69 Å². The third kappa shape index (κ3) is 3.86. The van der Waals surface area contributed by atoms with Gasteiger partial charge in [0.25, 0.3) is 0 Å². The molecular formula is C18H27ClN2O4Si. The summed E-state index contributed by atoms with van der Waals surface area (Å²) in [7, 11) is -1.21. The van der Waals surface area contributed by atoms with E-state index in [9.17, 15) is 15.0 Å². The highest BCUT2D eigenvalue weighted by Crippen LogP contribution is 2.42. The summed E-state index contributed by atoms with van der Waals surface area (Å²) in [6.45, 7) is 9.30. The predicted octanol–water partition coefficient (Wildman–Crippen LogP) is 3.56. The summed E-state index contributed by atoms with van der Waals surface area (Å²) in [4.78, 5) is 13.0. The van der Waals surface area contributed by atoms with Crippen LogP contribution in [0.1, 0.15) is 25.8 Å². The van der Waals surface area contributed by atoms with E-state index in [1.807, 2.05) is 0 Å². The number of aromatic hydroxyl groups is 1. The number of fused-ring (bicyclic) bond motifs is 1. The van der Waals surface area contributed by atoms with Gasteiger partial charge in [0.1, 0.15) is 12.5 Å². The first-order chi connectivity index (χ1) is 12.0. The minimum Gasteiger partial charge on any atom is -0.508 e. The molecule has 144 valence electrons. The number of benzene rings is 1. The fourth-order valence-electron chi connectivity index (χ4n) is 3.48. The number of hydrogen-bond acceptors (Lipinski definition) is 4. The molecule has 3 rings (SSSR count). The van der Waals surface area contributed by atoms with Crippen molar-refractivity contribution in [2.75, 3.05) is 6.61 Å². The molecule has 1 aromatic carbocycles. The first-order valence-corrected chi connectivity index (χ1v) is 13.0. The van der Waals surface area contributed by atoms with Crippen molar-refractivity contribution in [1.29, 1.82) is 0 Å². The molecule has 0 amide bonds. The van der Waals surface area contributed by atoms with Crippen molar-refractivity contribution in [1.82, 2.24) is 9.13 Å². The van der Waals surface area contributed by atoms with Gasteiger partial charge in [0, 0.05) is 32.9 Å². The number of ether oxygens (including phenoxy) is 1. The molecule has 2 aromatic rings. The Kier molecular flexibility index (Phi) is 5.02. The third-order valence-electron chi connectivity index (χ3n) is 4.93. The van der Waals surface area contributed by atoms with Crippen LogP contribution in [0.25, 0.3) is 11.0 Å². The summed E-state index contributed by atoms with van der Waals surface area (Å²) in [6, 6.07) is 3.88. The zero-order valence-electron chi connectivity index (χ0n) is 15.8. The molecule has 8 heteroatoms. The first-order valence-electron chi connectivity index (χ1n) is 8.92. The van der Waals surface area contributed by atoms with E-state index < -0.39 is 13.7 Å². The maximum absolute atomic E-state index is 13.0. The van der Waals surface area contributed by atoms with Crippen molar-refractivity contribution in [3.05, 3.63) is 27.6 Å². The fraction of sp³-hybridized carbons (Fsp3) is 0.611. The van der Waals surface area contributed by atoms with E-state index in [1.54, 1.807) is 11.5 Å². The van der Waals surface area contributed by atoms with Crippen molar-refractivity contribution in [2.45, 2.75) is 63.8 Å². The van der Waals surface area contributed by atoms with Crippen molar-refractivity contribution in [2.24, 2.45) is 0 Å². The van der Waals surface area contributed by atoms with Crippen LogP contribution in [0.5, 0.6) is 5.75 Å². The quantitative estimate of drug-likeness (QED) is 0.576. The number of hydrogen-bond donors (Lipinski definition) is 2. The topological polar surface area (TPSA) is 76.6 Å². The van der Waals surface area contributed by atoms with Gasteiger partial charge in [-0.15, -0.1) is 0 Å². The lowest BCUT2D eigenvalue weighted by molar-refractivity contribution is -0.0510. The number of phenols is 1. The van der Waals surface area contributed by atoms with E-state index in [0.717, 1.165) is 6.04 Å². The normalized spacial score (nSPS) is 23.4. The van der Waals surface area contributed by atoms with Gasteiger partial charge in [0.2, 0.25) is 0 Å². The summed E-state index contributed by atoms with van der Waals surface area (Å²) < 4.78 is 8.91.